The molecule has 0 radical (unpaired) electrons. The van der Waals surface area contributed by atoms with E-state index in [4.69, 9.17) is 5.73 Å². The molecule has 2 rings (SSSR count). The fraction of sp³-hybridized carbons (Fsp3) is 0.727. The van der Waals surface area contributed by atoms with E-state index in [1.165, 1.54) is 17.5 Å². The lowest BCUT2D eigenvalue weighted by atomic mass is 9.96. The molecule has 2 N–H and O–H groups in total. The molecule has 1 saturated heterocycles. The first-order valence-corrected chi connectivity index (χ1v) is 8.35. The first-order valence-electron chi connectivity index (χ1n) is 6.09. The monoisotopic (exact) mass is 289 g/mol. The van der Waals surface area contributed by atoms with Crippen molar-refractivity contribution in [1.29, 1.82) is 0 Å². The Labute approximate surface area is 112 Å². The number of hydrogen-bond acceptors (Lipinski definition) is 5. The number of hydrogen-bond donors (Lipinski definition) is 1. The third-order valence-electron chi connectivity index (χ3n) is 3.42. The van der Waals surface area contributed by atoms with Crippen LogP contribution in [-0.4, -0.2) is 36.8 Å². The normalized spacial score (nSPS) is 26.4. The van der Waals surface area contributed by atoms with Crippen LogP contribution in [0.2, 0.25) is 0 Å². The molecular formula is C11H19N3O2S2. The summed E-state index contributed by atoms with van der Waals surface area (Å²) in [5.41, 5.74) is 5.67. The summed E-state index contributed by atoms with van der Waals surface area (Å²) in [5, 5.41) is 0.772. The number of aryl methyl sites for hydroxylation is 1. The van der Waals surface area contributed by atoms with Gasteiger partial charge in [0, 0.05) is 12.6 Å². The van der Waals surface area contributed by atoms with Gasteiger partial charge in [0.15, 0.2) is 4.21 Å². The summed E-state index contributed by atoms with van der Waals surface area (Å²) in [4.78, 5) is 4.03. The highest BCUT2D eigenvalue weighted by Gasteiger charge is 2.35. The second kappa shape index (κ2) is 5.24. The van der Waals surface area contributed by atoms with E-state index in [2.05, 4.69) is 4.98 Å². The molecule has 2 unspecified atom stereocenters. The Hall–Kier alpha value is -0.500. The van der Waals surface area contributed by atoms with Gasteiger partial charge in [-0.1, -0.05) is 0 Å². The van der Waals surface area contributed by atoms with Crippen LogP contribution in [0, 0.1) is 12.8 Å². The SMILES string of the molecule is Cc1ncc(S(=O)(=O)N2CC(CN)CCC2C)s1. The molecule has 1 aromatic heterocycles. The summed E-state index contributed by atoms with van der Waals surface area (Å²) in [6.45, 7) is 4.83. The standard InChI is InChI=1S/C11H19N3O2S2/c1-8-3-4-10(5-12)7-14(8)18(15,16)11-6-13-9(2)17-11/h6,8,10H,3-5,7,12H2,1-2H3. The number of sulfonamides is 1. The summed E-state index contributed by atoms with van der Waals surface area (Å²) in [6.07, 6.45) is 3.33. The molecule has 0 saturated carbocycles. The predicted molar refractivity (Wildman–Crippen MR) is 72.0 cm³/mol. The van der Waals surface area contributed by atoms with Crippen LogP contribution in [0.4, 0.5) is 0 Å². The molecule has 0 aromatic carbocycles. The van der Waals surface area contributed by atoms with Crippen LogP contribution < -0.4 is 5.73 Å². The lowest BCUT2D eigenvalue weighted by Crippen LogP contribution is -2.46. The summed E-state index contributed by atoms with van der Waals surface area (Å²) in [6, 6.07) is 0.0419. The Morgan fingerprint density at radius 2 is 2.28 bits per heavy atom. The van der Waals surface area contributed by atoms with Gasteiger partial charge >= 0.3 is 0 Å². The van der Waals surface area contributed by atoms with Crippen LogP contribution in [0.3, 0.4) is 0 Å². The van der Waals surface area contributed by atoms with Gasteiger partial charge in [0.2, 0.25) is 0 Å². The zero-order valence-corrected chi connectivity index (χ0v) is 12.3. The number of aromatic nitrogens is 1. The van der Waals surface area contributed by atoms with E-state index in [-0.39, 0.29) is 12.0 Å². The topological polar surface area (TPSA) is 76.3 Å². The minimum atomic E-state index is -3.40. The lowest BCUT2D eigenvalue weighted by Gasteiger charge is -2.36. The van der Waals surface area contributed by atoms with Gasteiger partial charge in [-0.15, -0.1) is 11.3 Å². The van der Waals surface area contributed by atoms with Crippen molar-refractivity contribution in [3.05, 3.63) is 11.2 Å². The zero-order chi connectivity index (χ0) is 13.3. The summed E-state index contributed by atoms with van der Waals surface area (Å²) in [5.74, 6) is 0.269. The number of piperidine rings is 1. The quantitative estimate of drug-likeness (QED) is 0.907. The summed E-state index contributed by atoms with van der Waals surface area (Å²) < 4.78 is 27.0. The van der Waals surface area contributed by atoms with E-state index in [9.17, 15) is 8.42 Å². The van der Waals surface area contributed by atoms with Crippen molar-refractivity contribution < 1.29 is 8.42 Å². The second-order valence-corrected chi connectivity index (χ2v) is 8.15. The van der Waals surface area contributed by atoms with Gasteiger partial charge in [-0.2, -0.15) is 4.31 Å². The van der Waals surface area contributed by atoms with Crippen LogP contribution in [0.5, 0.6) is 0 Å². The Morgan fingerprint density at radius 1 is 1.56 bits per heavy atom. The Bertz CT molecular complexity index is 512. The maximum atomic E-state index is 12.5. The maximum absolute atomic E-state index is 12.5. The average Bonchev–Trinajstić information content (AvgIpc) is 2.77. The number of rotatable bonds is 3. The van der Waals surface area contributed by atoms with Gasteiger partial charge in [-0.3, -0.25) is 0 Å². The van der Waals surface area contributed by atoms with Crippen molar-refractivity contribution in [2.24, 2.45) is 11.7 Å². The van der Waals surface area contributed by atoms with E-state index in [0.29, 0.717) is 17.3 Å². The molecule has 18 heavy (non-hydrogen) atoms. The van der Waals surface area contributed by atoms with E-state index in [1.54, 1.807) is 4.31 Å². The van der Waals surface area contributed by atoms with Crippen molar-refractivity contribution in [1.82, 2.24) is 9.29 Å². The highest BCUT2D eigenvalue weighted by Crippen LogP contribution is 2.29. The molecule has 2 heterocycles. The molecule has 0 aliphatic carbocycles. The van der Waals surface area contributed by atoms with Gasteiger partial charge in [0.1, 0.15) is 0 Å². The third kappa shape index (κ3) is 2.59. The molecule has 0 amide bonds. The lowest BCUT2D eigenvalue weighted by molar-refractivity contribution is 0.211. The molecule has 5 nitrogen and oxygen atoms in total. The minimum Gasteiger partial charge on any atom is -0.330 e. The molecule has 0 spiro atoms. The Balaban J connectivity index is 2.28. The van der Waals surface area contributed by atoms with Gasteiger partial charge < -0.3 is 5.73 Å². The Morgan fingerprint density at radius 3 is 2.83 bits per heavy atom. The second-order valence-electron chi connectivity index (χ2n) is 4.80. The van der Waals surface area contributed by atoms with Gasteiger partial charge in [0.05, 0.1) is 11.2 Å². The van der Waals surface area contributed by atoms with E-state index in [1.807, 2.05) is 13.8 Å². The van der Waals surface area contributed by atoms with E-state index < -0.39 is 10.0 Å². The highest BCUT2D eigenvalue weighted by molar-refractivity contribution is 7.91. The van der Waals surface area contributed by atoms with Crippen LogP contribution in [0.25, 0.3) is 0 Å². The van der Waals surface area contributed by atoms with Crippen molar-refractivity contribution >= 4 is 21.4 Å². The molecular weight excluding hydrogens is 270 g/mol. The summed E-state index contributed by atoms with van der Waals surface area (Å²) >= 11 is 1.23. The third-order valence-corrected chi connectivity index (χ3v) is 6.75. The van der Waals surface area contributed by atoms with Crippen LogP contribution in [0.15, 0.2) is 10.4 Å². The maximum Gasteiger partial charge on any atom is 0.254 e. The molecule has 102 valence electrons. The molecule has 1 aliphatic heterocycles. The largest absolute Gasteiger partial charge is 0.330 e. The van der Waals surface area contributed by atoms with Crippen molar-refractivity contribution in [2.75, 3.05) is 13.1 Å². The van der Waals surface area contributed by atoms with Crippen molar-refractivity contribution in [2.45, 2.75) is 36.9 Å². The van der Waals surface area contributed by atoms with Gasteiger partial charge in [0.25, 0.3) is 10.0 Å². The van der Waals surface area contributed by atoms with Crippen molar-refractivity contribution in [3.63, 3.8) is 0 Å². The molecule has 2 atom stereocenters. The first-order chi connectivity index (χ1) is 8.45. The van der Waals surface area contributed by atoms with Crippen LogP contribution >= 0.6 is 11.3 Å². The van der Waals surface area contributed by atoms with E-state index in [0.717, 1.165) is 17.8 Å². The van der Waals surface area contributed by atoms with Crippen LogP contribution in [-0.2, 0) is 10.0 Å². The van der Waals surface area contributed by atoms with Crippen LogP contribution in [0.1, 0.15) is 24.8 Å². The number of nitrogens with zero attached hydrogens (tertiary/aromatic N) is 2. The highest BCUT2D eigenvalue weighted by atomic mass is 32.2. The first kappa shape index (κ1) is 13.9. The number of nitrogens with two attached hydrogens (primary N) is 1. The molecule has 1 aromatic rings. The van der Waals surface area contributed by atoms with Crippen molar-refractivity contribution in [3.8, 4) is 0 Å². The van der Waals surface area contributed by atoms with E-state index >= 15 is 0 Å². The smallest absolute Gasteiger partial charge is 0.254 e. The molecule has 0 bridgehead atoms. The number of thiazole rings is 1. The Kier molecular flexibility index (Phi) is 4.05. The fourth-order valence-electron chi connectivity index (χ4n) is 2.25. The zero-order valence-electron chi connectivity index (χ0n) is 10.7. The molecule has 1 aliphatic rings. The van der Waals surface area contributed by atoms with Gasteiger partial charge in [-0.25, -0.2) is 13.4 Å². The summed E-state index contributed by atoms with van der Waals surface area (Å²) in [7, 11) is -3.40. The molecule has 7 heteroatoms. The fourth-order valence-corrected chi connectivity index (χ4v) is 5.23. The van der Waals surface area contributed by atoms with Gasteiger partial charge in [-0.05, 0) is 39.2 Å². The molecule has 1 fully saturated rings. The predicted octanol–water partition coefficient (Wildman–Crippen LogP) is 1.20. The average molecular weight is 289 g/mol. The minimum absolute atomic E-state index is 0.0419.